The number of hydrogen-bond donors (Lipinski definition) is 4. The van der Waals surface area contributed by atoms with Crippen molar-refractivity contribution in [1.29, 1.82) is 0 Å². The summed E-state index contributed by atoms with van der Waals surface area (Å²) >= 11 is 0. The topological polar surface area (TPSA) is 118 Å². The second-order valence-corrected chi connectivity index (χ2v) is 14.4. The van der Waals surface area contributed by atoms with Gasteiger partial charge in [0.15, 0.2) is 0 Å². The van der Waals surface area contributed by atoms with E-state index in [1.807, 2.05) is 56.6 Å². The van der Waals surface area contributed by atoms with Gasteiger partial charge >= 0.3 is 6.03 Å². The zero-order valence-corrected chi connectivity index (χ0v) is 29.4. The molecule has 0 spiro atoms. The molecule has 2 aromatic carbocycles. The highest BCUT2D eigenvalue weighted by atomic mass is 16.7. The second-order valence-electron chi connectivity index (χ2n) is 14.4. The first-order valence-electron chi connectivity index (χ1n) is 17.3. The third-order valence-electron chi connectivity index (χ3n) is 9.89. The summed E-state index contributed by atoms with van der Waals surface area (Å²) in [6, 6.07) is 15.0. The molecule has 1 saturated carbocycles. The Kier molecular flexibility index (Phi) is 13.2. The van der Waals surface area contributed by atoms with Crippen LogP contribution < -0.4 is 10.6 Å². The summed E-state index contributed by atoms with van der Waals surface area (Å²) in [6.07, 6.45) is 2.57. The molecule has 3 amide bonds. The van der Waals surface area contributed by atoms with Crippen molar-refractivity contribution in [2.24, 2.45) is 23.7 Å². The Morgan fingerprint density at radius 3 is 2.38 bits per heavy atom. The molecule has 4 N–H and O–H groups in total. The minimum absolute atomic E-state index is 0.0792. The smallest absolute Gasteiger partial charge is 0.321 e. The fourth-order valence-electron chi connectivity index (χ4n) is 7.25. The Hall–Kier alpha value is -3.02. The number of aliphatic hydroxyl groups is 2. The molecule has 260 valence electrons. The molecule has 4 rings (SSSR count). The number of carbonyl (C=O) groups excluding carboxylic acids is 2. The van der Waals surface area contributed by atoms with E-state index in [1.165, 1.54) is 0 Å². The Bertz CT molecular complexity index is 1300. The van der Waals surface area contributed by atoms with Gasteiger partial charge in [0.1, 0.15) is 12.1 Å². The SMILES string of the molecule is CC(C)C[C@@H]1CC[C@H](NC(=O)C2[C@H]([C@H](C)O)[C@@H](CO)ON2Cc2cccc(-c3ccc(NC(=O)N(C)CCCN(C)C)cc3)c2)C1C. The van der Waals surface area contributed by atoms with Gasteiger partial charge in [-0.15, -0.1) is 0 Å². The number of carbonyl (C=O) groups is 2. The largest absolute Gasteiger partial charge is 0.394 e. The molecule has 1 heterocycles. The molecule has 1 aliphatic carbocycles. The zero-order chi connectivity index (χ0) is 34.2. The number of amides is 3. The first-order chi connectivity index (χ1) is 22.4. The lowest BCUT2D eigenvalue weighted by Crippen LogP contribution is -2.52. The molecular weight excluding hydrogens is 594 g/mol. The maximum absolute atomic E-state index is 13.9. The molecule has 0 aromatic heterocycles. The Labute approximate surface area is 281 Å². The Balaban J connectivity index is 1.44. The van der Waals surface area contributed by atoms with Crippen molar-refractivity contribution in [1.82, 2.24) is 20.2 Å². The third kappa shape index (κ3) is 9.76. The number of anilines is 1. The molecule has 10 nitrogen and oxygen atoms in total. The Morgan fingerprint density at radius 1 is 1.02 bits per heavy atom. The van der Waals surface area contributed by atoms with Gasteiger partial charge in [0.2, 0.25) is 5.91 Å². The van der Waals surface area contributed by atoms with E-state index in [-0.39, 0.29) is 24.6 Å². The van der Waals surface area contributed by atoms with Gasteiger partial charge in [0.05, 0.1) is 19.3 Å². The lowest BCUT2D eigenvalue weighted by molar-refractivity contribution is -0.182. The lowest BCUT2D eigenvalue weighted by Gasteiger charge is -2.29. The predicted octanol–water partition coefficient (Wildman–Crippen LogP) is 4.82. The van der Waals surface area contributed by atoms with Crippen LogP contribution in [0.5, 0.6) is 0 Å². The molecule has 2 unspecified atom stereocenters. The van der Waals surface area contributed by atoms with Gasteiger partial charge in [-0.3, -0.25) is 9.63 Å². The van der Waals surface area contributed by atoms with E-state index in [9.17, 15) is 19.8 Å². The van der Waals surface area contributed by atoms with Crippen molar-refractivity contribution in [3.05, 3.63) is 54.1 Å². The molecule has 0 bridgehead atoms. The van der Waals surface area contributed by atoms with E-state index < -0.39 is 24.2 Å². The molecular formula is C37H57N5O5. The number of aliphatic hydroxyl groups excluding tert-OH is 2. The standard InChI is InChI=1S/C37H57N5O5/c1-24(2)20-29-14-17-32(25(29)3)39-36(45)35-34(26(4)44)33(23-43)47-42(35)22-27-10-8-11-30(21-27)28-12-15-31(16-13-28)38-37(46)41(7)19-9-18-40(5)6/h8,10-13,15-16,21,24-26,29,32-35,43-44H,9,14,17-20,22-23H2,1-7H3,(H,38,46)(H,39,45)/t25?,26-,29-,32-,33+,34+,35?/m0/s1. The molecule has 0 radical (unpaired) electrons. The maximum atomic E-state index is 13.9. The number of nitrogens with one attached hydrogen (secondary N) is 2. The van der Waals surface area contributed by atoms with Crippen LogP contribution >= 0.6 is 0 Å². The highest BCUT2D eigenvalue weighted by molar-refractivity contribution is 5.89. The van der Waals surface area contributed by atoms with Crippen LogP contribution in [0.2, 0.25) is 0 Å². The number of hydroxylamine groups is 2. The molecule has 2 aromatic rings. The first kappa shape index (κ1) is 36.8. The Morgan fingerprint density at radius 2 is 1.74 bits per heavy atom. The summed E-state index contributed by atoms with van der Waals surface area (Å²) in [5.74, 6) is 0.847. The molecule has 1 aliphatic heterocycles. The van der Waals surface area contributed by atoms with Gasteiger partial charge in [0.25, 0.3) is 0 Å². The number of rotatable bonds is 14. The monoisotopic (exact) mass is 651 g/mol. The first-order valence-corrected chi connectivity index (χ1v) is 17.3. The lowest BCUT2D eigenvalue weighted by atomic mass is 9.87. The summed E-state index contributed by atoms with van der Waals surface area (Å²) in [6.45, 7) is 10.00. The van der Waals surface area contributed by atoms with E-state index in [2.05, 4.69) is 42.4 Å². The van der Waals surface area contributed by atoms with Gasteiger partial charge < -0.3 is 30.6 Å². The summed E-state index contributed by atoms with van der Waals surface area (Å²) in [7, 11) is 5.84. The molecule has 2 fully saturated rings. The average molecular weight is 652 g/mol. The van der Waals surface area contributed by atoms with Crippen LogP contribution in [0, 0.1) is 23.7 Å². The van der Waals surface area contributed by atoms with Crippen molar-refractivity contribution in [3.63, 3.8) is 0 Å². The van der Waals surface area contributed by atoms with E-state index in [4.69, 9.17) is 4.84 Å². The number of hydrogen-bond acceptors (Lipinski definition) is 7. The van der Waals surface area contributed by atoms with Crippen LogP contribution in [0.3, 0.4) is 0 Å². The number of benzene rings is 2. The molecule has 47 heavy (non-hydrogen) atoms. The summed E-state index contributed by atoms with van der Waals surface area (Å²) in [5.41, 5.74) is 3.64. The van der Waals surface area contributed by atoms with Gasteiger partial charge in [-0.2, -0.15) is 5.06 Å². The van der Waals surface area contributed by atoms with Crippen molar-refractivity contribution >= 4 is 17.6 Å². The maximum Gasteiger partial charge on any atom is 0.321 e. The van der Waals surface area contributed by atoms with Gasteiger partial charge in [-0.25, -0.2) is 4.79 Å². The fourth-order valence-corrected chi connectivity index (χ4v) is 7.25. The van der Waals surface area contributed by atoms with Crippen LogP contribution in [0.4, 0.5) is 10.5 Å². The molecule has 2 aliphatic rings. The van der Waals surface area contributed by atoms with E-state index in [0.717, 1.165) is 54.6 Å². The summed E-state index contributed by atoms with van der Waals surface area (Å²) in [4.78, 5) is 36.5. The number of urea groups is 1. The highest BCUT2D eigenvalue weighted by Crippen LogP contribution is 2.37. The van der Waals surface area contributed by atoms with E-state index in [1.54, 1.807) is 23.9 Å². The molecule has 1 saturated heterocycles. The second kappa shape index (κ2) is 16.9. The van der Waals surface area contributed by atoms with Crippen LogP contribution in [-0.2, 0) is 16.2 Å². The minimum Gasteiger partial charge on any atom is -0.394 e. The third-order valence-corrected chi connectivity index (χ3v) is 9.89. The predicted molar refractivity (Wildman–Crippen MR) is 186 cm³/mol. The normalized spacial score (nSPS) is 25.3. The summed E-state index contributed by atoms with van der Waals surface area (Å²) < 4.78 is 0. The van der Waals surface area contributed by atoms with Crippen LogP contribution in [0.15, 0.2) is 48.5 Å². The van der Waals surface area contributed by atoms with Crippen molar-refractivity contribution in [3.8, 4) is 11.1 Å². The van der Waals surface area contributed by atoms with Gasteiger partial charge in [0, 0.05) is 31.2 Å². The average Bonchev–Trinajstić information content (AvgIpc) is 3.56. The fraction of sp³-hybridized carbons (Fsp3) is 0.622. The highest BCUT2D eigenvalue weighted by Gasteiger charge is 2.50. The quantitative estimate of drug-likeness (QED) is 0.232. The van der Waals surface area contributed by atoms with Crippen molar-refractivity contribution in [2.75, 3.05) is 46.2 Å². The van der Waals surface area contributed by atoms with E-state index in [0.29, 0.717) is 30.8 Å². The van der Waals surface area contributed by atoms with E-state index >= 15 is 0 Å². The van der Waals surface area contributed by atoms with Crippen molar-refractivity contribution < 1.29 is 24.6 Å². The van der Waals surface area contributed by atoms with Crippen molar-refractivity contribution in [2.45, 2.75) is 84.2 Å². The summed E-state index contributed by atoms with van der Waals surface area (Å²) in [5, 5.41) is 28.8. The minimum atomic E-state index is -0.842. The molecule has 10 heteroatoms. The van der Waals surface area contributed by atoms with Crippen LogP contribution in [0.1, 0.15) is 58.9 Å². The zero-order valence-electron chi connectivity index (χ0n) is 29.4. The van der Waals surface area contributed by atoms with Crippen LogP contribution in [-0.4, -0.2) is 102 Å². The number of nitrogens with zero attached hydrogens (tertiary/aromatic N) is 3. The van der Waals surface area contributed by atoms with Gasteiger partial charge in [-0.1, -0.05) is 51.1 Å². The van der Waals surface area contributed by atoms with Crippen LogP contribution in [0.25, 0.3) is 11.1 Å². The molecule has 7 atom stereocenters. The van der Waals surface area contributed by atoms with Gasteiger partial charge in [-0.05, 0) is 106 Å².